The highest BCUT2D eigenvalue weighted by Gasteiger charge is 2.23. The van der Waals surface area contributed by atoms with Gasteiger partial charge >= 0.3 is 11.2 Å². The van der Waals surface area contributed by atoms with Crippen LogP contribution in [0, 0.1) is 10.1 Å². The molecule has 2 rings (SSSR count). The van der Waals surface area contributed by atoms with Crippen LogP contribution in [0.15, 0.2) is 17.1 Å². The van der Waals surface area contributed by atoms with Crippen molar-refractivity contribution in [2.24, 2.45) is 0 Å². The zero-order valence-electron chi connectivity index (χ0n) is 8.63. The third-order valence-corrected chi connectivity index (χ3v) is 2.23. The van der Waals surface area contributed by atoms with Crippen LogP contribution >= 0.6 is 0 Å². The third kappa shape index (κ3) is 1.55. The Hall–Kier alpha value is -2.64. The number of aromatic nitrogens is 2. The van der Waals surface area contributed by atoms with E-state index in [1.54, 1.807) is 0 Å². The number of methoxy groups -OCH3 is 1. The summed E-state index contributed by atoms with van der Waals surface area (Å²) in [5.74, 6) is -0.626. The van der Waals surface area contributed by atoms with Crippen LogP contribution in [0.5, 0.6) is 11.6 Å². The van der Waals surface area contributed by atoms with Gasteiger partial charge in [-0.1, -0.05) is 0 Å². The Bertz CT molecular complexity index is 663. The smallest absolute Gasteiger partial charge is 0.375 e. The highest BCUT2D eigenvalue weighted by Crippen LogP contribution is 2.32. The molecule has 2 aromatic heterocycles. The highest BCUT2D eigenvalue weighted by molar-refractivity contribution is 5.90. The molecule has 8 nitrogen and oxygen atoms in total. The average molecular weight is 237 g/mol. The van der Waals surface area contributed by atoms with Gasteiger partial charge in [0.25, 0.3) is 0 Å². The number of aromatic hydroxyl groups is 1. The van der Waals surface area contributed by atoms with Gasteiger partial charge in [0.1, 0.15) is 5.52 Å². The number of fused-ring (bicyclic) bond motifs is 1. The summed E-state index contributed by atoms with van der Waals surface area (Å²) in [4.78, 5) is 27.2. The summed E-state index contributed by atoms with van der Waals surface area (Å²) < 4.78 is 4.88. The Morgan fingerprint density at radius 2 is 2.29 bits per heavy atom. The summed E-state index contributed by atoms with van der Waals surface area (Å²) in [5, 5.41) is 20.4. The second-order valence-corrected chi connectivity index (χ2v) is 3.15. The topological polar surface area (TPSA) is 118 Å². The Morgan fingerprint density at radius 1 is 1.59 bits per heavy atom. The van der Waals surface area contributed by atoms with E-state index in [0.29, 0.717) is 0 Å². The summed E-state index contributed by atoms with van der Waals surface area (Å²) >= 11 is 0. The minimum Gasteiger partial charge on any atom is -0.501 e. The van der Waals surface area contributed by atoms with Crippen LogP contribution in [-0.4, -0.2) is 27.1 Å². The van der Waals surface area contributed by atoms with Gasteiger partial charge in [0.05, 0.1) is 17.4 Å². The van der Waals surface area contributed by atoms with Gasteiger partial charge in [-0.25, -0.2) is 4.98 Å². The second kappa shape index (κ2) is 3.74. The largest absolute Gasteiger partial charge is 0.501 e. The van der Waals surface area contributed by atoms with E-state index in [4.69, 9.17) is 4.74 Å². The van der Waals surface area contributed by atoms with Crippen molar-refractivity contribution < 1.29 is 14.8 Å². The molecule has 88 valence electrons. The van der Waals surface area contributed by atoms with Crippen molar-refractivity contribution in [3.8, 4) is 11.6 Å². The molecule has 0 aliphatic carbocycles. The molecule has 2 aromatic rings. The first kappa shape index (κ1) is 10.9. The van der Waals surface area contributed by atoms with Crippen molar-refractivity contribution in [2.45, 2.75) is 0 Å². The lowest BCUT2D eigenvalue weighted by Gasteiger charge is -2.04. The number of hydrogen-bond donors (Lipinski definition) is 2. The Morgan fingerprint density at radius 3 is 2.88 bits per heavy atom. The van der Waals surface area contributed by atoms with Gasteiger partial charge in [-0.05, 0) is 6.07 Å². The first-order valence-corrected chi connectivity index (χ1v) is 4.48. The number of ether oxygens (including phenoxy) is 1. The maximum absolute atomic E-state index is 11.4. The van der Waals surface area contributed by atoms with E-state index in [1.165, 1.54) is 19.4 Å². The van der Waals surface area contributed by atoms with E-state index in [1.807, 2.05) is 0 Å². The number of nitro groups is 1. The molecule has 0 aliphatic rings. The lowest BCUT2D eigenvalue weighted by atomic mass is 10.2. The highest BCUT2D eigenvalue weighted by atomic mass is 16.6. The Kier molecular flexibility index (Phi) is 2.39. The first-order chi connectivity index (χ1) is 8.06. The number of hydrogen-bond acceptors (Lipinski definition) is 6. The van der Waals surface area contributed by atoms with Gasteiger partial charge in [-0.3, -0.25) is 14.9 Å². The molecule has 0 saturated heterocycles. The van der Waals surface area contributed by atoms with Crippen LogP contribution in [0.25, 0.3) is 10.9 Å². The fraction of sp³-hybridized carbons (Fsp3) is 0.111. The van der Waals surface area contributed by atoms with Gasteiger partial charge in [0.2, 0.25) is 11.6 Å². The SMILES string of the molecule is COc1nccc2c(O)c([N+](=O)[O-])c(=O)[nH]c12. The van der Waals surface area contributed by atoms with Gasteiger partial charge in [0, 0.05) is 6.20 Å². The zero-order valence-corrected chi connectivity index (χ0v) is 8.63. The number of aromatic amines is 1. The Labute approximate surface area is 93.6 Å². The van der Waals surface area contributed by atoms with Crippen molar-refractivity contribution in [3.63, 3.8) is 0 Å². The summed E-state index contributed by atoms with van der Waals surface area (Å²) in [5.41, 5.74) is -1.79. The molecular weight excluding hydrogens is 230 g/mol. The quantitative estimate of drug-likeness (QED) is 0.581. The number of rotatable bonds is 2. The van der Waals surface area contributed by atoms with Crippen LogP contribution in [0.1, 0.15) is 0 Å². The van der Waals surface area contributed by atoms with E-state index in [-0.39, 0.29) is 16.8 Å². The molecule has 0 radical (unpaired) electrons. The van der Waals surface area contributed by atoms with Crippen molar-refractivity contribution in [3.05, 3.63) is 32.7 Å². The number of nitrogens with zero attached hydrogens (tertiary/aromatic N) is 2. The monoisotopic (exact) mass is 237 g/mol. The molecular formula is C9H7N3O5. The van der Waals surface area contributed by atoms with Crippen molar-refractivity contribution in [1.29, 1.82) is 0 Å². The average Bonchev–Trinajstić information content (AvgIpc) is 2.28. The first-order valence-electron chi connectivity index (χ1n) is 4.48. The number of pyridine rings is 2. The van der Waals surface area contributed by atoms with Gasteiger partial charge in [0.15, 0.2) is 0 Å². The molecule has 17 heavy (non-hydrogen) atoms. The lowest BCUT2D eigenvalue weighted by Crippen LogP contribution is -2.12. The summed E-state index contributed by atoms with van der Waals surface area (Å²) in [7, 11) is 1.33. The van der Waals surface area contributed by atoms with Gasteiger partial charge < -0.3 is 14.8 Å². The lowest BCUT2D eigenvalue weighted by molar-refractivity contribution is -0.387. The molecule has 0 unspecified atom stereocenters. The van der Waals surface area contributed by atoms with E-state index in [2.05, 4.69) is 9.97 Å². The van der Waals surface area contributed by atoms with E-state index >= 15 is 0 Å². The van der Waals surface area contributed by atoms with Crippen molar-refractivity contribution >= 4 is 16.6 Å². The van der Waals surface area contributed by atoms with Crippen molar-refractivity contribution in [1.82, 2.24) is 9.97 Å². The van der Waals surface area contributed by atoms with E-state index in [0.717, 1.165) is 0 Å². The van der Waals surface area contributed by atoms with E-state index < -0.39 is 21.9 Å². The summed E-state index contributed by atoms with van der Waals surface area (Å²) in [6.45, 7) is 0. The maximum atomic E-state index is 11.4. The Balaban J connectivity index is 2.96. The molecule has 0 atom stereocenters. The van der Waals surface area contributed by atoms with E-state index in [9.17, 15) is 20.0 Å². The van der Waals surface area contributed by atoms with Crippen LogP contribution in [0.4, 0.5) is 5.69 Å². The minimum atomic E-state index is -1.01. The fourth-order valence-electron chi connectivity index (χ4n) is 1.49. The maximum Gasteiger partial charge on any atom is 0.375 e. The normalized spacial score (nSPS) is 10.4. The molecule has 2 heterocycles. The molecule has 0 aromatic carbocycles. The van der Waals surface area contributed by atoms with Crippen molar-refractivity contribution in [2.75, 3.05) is 7.11 Å². The molecule has 0 aliphatic heterocycles. The summed E-state index contributed by atoms with van der Waals surface area (Å²) in [6, 6.07) is 1.34. The molecule has 0 bridgehead atoms. The summed E-state index contributed by atoms with van der Waals surface area (Å²) in [6.07, 6.45) is 1.31. The molecule has 0 fully saturated rings. The van der Waals surface area contributed by atoms with Gasteiger partial charge in [-0.2, -0.15) is 0 Å². The molecule has 0 amide bonds. The third-order valence-electron chi connectivity index (χ3n) is 2.23. The minimum absolute atomic E-state index is 0.0739. The molecule has 2 N–H and O–H groups in total. The molecule has 0 saturated carbocycles. The molecule has 8 heteroatoms. The number of H-pyrrole nitrogens is 1. The second-order valence-electron chi connectivity index (χ2n) is 3.15. The van der Waals surface area contributed by atoms with Crippen LogP contribution in [-0.2, 0) is 0 Å². The zero-order chi connectivity index (χ0) is 12.6. The standard InChI is InChI=1S/C9H7N3O5/c1-17-9-5-4(2-3-10-9)7(13)6(12(15)16)8(14)11-5/h2-3H,1H3,(H2,11,13,14). The predicted molar refractivity (Wildman–Crippen MR) is 57.2 cm³/mol. The van der Waals surface area contributed by atoms with Crippen LogP contribution in [0.3, 0.4) is 0 Å². The molecule has 0 spiro atoms. The van der Waals surface area contributed by atoms with Crippen LogP contribution < -0.4 is 10.3 Å². The van der Waals surface area contributed by atoms with Gasteiger partial charge in [-0.15, -0.1) is 0 Å². The van der Waals surface area contributed by atoms with Crippen LogP contribution in [0.2, 0.25) is 0 Å². The predicted octanol–water partition coefficient (Wildman–Crippen LogP) is 0.545. The number of nitrogens with one attached hydrogen (secondary N) is 1. The fourth-order valence-corrected chi connectivity index (χ4v) is 1.49.